The Morgan fingerprint density at radius 1 is 1.23 bits per heavy atom. The molecule has 2 N–H and O–H groups in total. The van der Waals surface area contributed by atoms with Gasteiger partial charge in [0, 0.05) is 31.1 Å². The number of H-pyrrole nitrogens is 1. The topological polar surface area (TPSA) is 87.3 Å². The molecular formula is C21H25F3N4O3. The zero-order chi connectivity index (χ0) is 22.4. The highest BCUT2D eigenvalue weighted by molar-refractivity contribution is 5.92. The van der Waals surface area contributed by atoms with Crippen molar-refractivity contribution in [3.8, 4) is 5.75 Å². The van der Waals surface area contributed by atoms with Gasteiger partial charge < -0.3 is 15.0 Å². The number of hydrogen-bond acceptors (Lipinski definition) is 4. The van der Waals surface area contributed by atoms with Gasteiger partial charge in [-0.15, -0.1) is 0 Å². The van der Waals surface area contributed by atoms with E-state index in [-0.39, 0.29) is 17.5 Å². The largest absolute Gasteiger partial charge is 0.497 e. The number of hydrogen-bond donors (Lipinski definition) is 2. The summed E-state index contributed by atoms with van der Waals surface area (Å²) >= 11 is 0. The number of ether oxygens (including phenoxy) is 1. The van der Waals surface area contributed by atoms with Gasteiger partial charge in [-0.05, 0) is 43.0 Å². The van der Waals surface area contributed by atoms with Gasteiger partial charge in [0.15, 0.2) is 0 Å². The number of piperidine rings is 1. The van der Waals surface area contributed by atoms with Gasteiger partial charge in [0.1, 0.15) is 18.0 Å². The van der Waals surface area contributed by atoms with E-state index in [2.05, 4.69) is 10.2 Å². The summed E-state index contributed by atoms with van der Waals surface area (Å²) in [7, 11) is 1.61. The molecule has 1 aromatic heterocycles. The van der Waals surface area contributed by atoms with Gasteiger partial charge in [-0.2, -0.15) is 18.3 Å². The molecule has 7 nitrogen and oxygen atoms in total. The predicted octanol–water partition coefficient (Wildman–Crippen LogP) is 3.05. The van der Waals surface area contributed by atoms with Crippen LogP contribution in [0.3, 0.4) is 0 Å². The third-order valence-corrected chi connectivity index (χ3v) is 5.35. The van der Waals surface area contributed by atoms with E-state index in [1.165, 1.54) is 6.07 Å². The van der Waals surface area contributed by atoms with Crippen LogP contribution in [0.15, 0.2) is 30.3 Å². The summed E-state index contributed by atoms with van der Waals surface area (Å²) in [6.07, 6.45) is -2.01. The Labute approximate surface area is 178 Å². The Bertz CT molecular complexity index is 888. The minimum absolute atomic E-state index is 0.0716. The number of likely N-dealkylation sites (tertiary alicyclic amines) is 1. The van der Waals surface area contributed by atoms with Crippen LogP contribution in [0, 0.1) is 0 Å². The predicted molar refractivity (Wildman–Crippen MR) is 107 cm³/mol. The first-order valence-electron chi connectivity index (χ1n) is 10.1. The van der Waals surface area contributed by atoms with E-state index >= 15 is 0 Å². The van der Waals surface area contributed by atoms with Gasteiger partial charge in [-0.25, -0.2) is 0 Å². The number of rotatable bonds is 7. The maximum absolute atomic E-state index is 12.5. The lowest BCUT2D eigenvalue weighted by Gasteiger charge is -2.31. The number of aromatic amines is 1. The minimum Gasteiger partial charge on any atom is -0.497 e. The molecule has 0 radical (unpaired) electrons. The first-order chi connectivity index (χ1) is 14.7. The average molecular weight is 438 g/mol. The molecule has 3 rings (SSSR count). The highest BCUT2D eigenvalue weighted by atomic mass is 19.4. The fourth-order valence-corrected chi connectivity index (χ4v) is 3.57. The lowest BCUT2D eigenvalue weighted by molar-refractivity contribution is -0.132. The van der Waals surface area contributed by atoms with Crippen molar-refractivity contribution in [1.29, 1.82) is 0 Å². The molecule has 1 aliphatic heterocycles. The monoisotopic (exact) mass is 438 g/mol. The maximum atomic E-state index is 12.5. The third-order valence-electron chi connectivity index (χ3n) is 5.35. The normalized spacial score (nSPS) is 15.0. The number of carbonyl (C=O) groups is 2. The van der Waals surface area contributed by atoms with Gasteiger partial charge in [-0.3, -0.25) is 14.7 Å². The van der Waals surface area contributed by atoms with E-state index in [1.807, 2.05) is 29.2 Å². The summed E-state index contributed by atoms with van der Waals surface area (Å²) in [5, 5.41) is 8.38. The first-order valence-corrected chi connectivity index (χ1v) is 10.1. The highest BCUT2D eigenvalue weighted by Gasteiger charge is 2.29. The number of halogens is 3. The van der Waals surface area contributed by atoms with Crippen molar-refractivity contribution < 1.29 is 27.5 Å². The molecule has 1 fully saturated rings. The van der Waals surface area contributed by atoms with Crippen LogP contribution < -0.4 is 10.1 Å². The molecule has 2 heterocycles. The molecule has 1 aliphatic rings. The van der Waals surface area contributed by atoms with Crippen LogP contribution in [0.1, 0.15) is 46.9 Å². The van der Waals surface area contributed by atoms with Crippen LogP contribution in [0.25, 0.3) is 0 Å². The summed E-state index contributed by atoms with van der Waals surface area (Å²) in [5.41, 5.74) is 1.69. The van der Waals surface area contributed by atoms with Crippen molar-refractivity contribution in [1.82, 2.24) is 20.4 Å². The smallest absolute Gasteiger partial charge is 0.405 e. The Kier molecular flexibility index (Phi) is 7.19. The number of nitrogens with one attached hydrogen (secondary N) is 2. The number of alkyl halides is 3. The Balaban J connectivity index is 1.45. The number of aryl methyl sites for hydroxylation is 1. The number of amides is 2. The number of aromatic nitrogens is 2. The van der Waals surface area contributed by atoms with Crippen molar-refractivity contribution >= 4 is 11.8 Å². The van der Waals surface area contributed by atoms with Crippen molar-refractivity contribution in [2.24, 2.45) is 0 Å². The van der Waals surface area contributed by atoms with Crippen molar-refractivity contribution in [2.75, 3.05) is 26.7 Å². The van der Waals surface area contributed by atoms with Crippen LogP contribution in [0.2, 0.25) is 0 Å². The quantitative estimate of drug-likeness (QED) is 0.696. The molecule has 0 saturated carbocycles. The van der Waals surface area contributed by atoms with Gasteiger partial charge in [0.2, 0.25) is 5.91 Å². The summed E-state index contributed by atoms with van der Waals surface area (Å²) in [5.74, 6) is 0.0660. The van der Waals surface area contributed by atoms with Crippen molar-refractivity contribution in [3.05, 3.63) is 47.3 Å². The van der Waals surface area contributed by atoms with Crippen molar-refractivity contribution in [3.63, 3.8) is 0 Å². The average Bonchev–Trinajstić information content (AvgIpc) is 3.26. The van der Waals surface area contributed by atoms with E-state index in [0.717, 1.165) is 11.3 Å². The standard InChI is InChI=1S/C21H25F3N4O3/c1-31-16-5-2-14(3-6-16)4-7-19(29)28-10-8-15(9-11-28)17-12-18(27-26-17)20(30)25-13-21(22,23)24/h2-3,5-6,12,15H,4,7-11,13H2,1H3,(H,25,30)(H,26,27). The summed E-state index contributed by atoms with van der Waals surface area (Å²) in [6, 6.07) is 9.11. The summed E-state index contributed by atoms with van der Waals surface area (Å²) < 4.78 is 41.8. The van der Waals surface area contributed by atoms with Crippen LogP contribution in [-0.4, -0.2) is 59.8 Å². The van der Waals surface area contributed by atoms with Crippen LogP contribution in [-0.2, 0) is 11.2 Å². The van der Waals surface area contributed by atoms with E-state index < -0.39 is 18.6 Å². The zero-order valence-corrected chi connectivity index (χ0v) is 17.2. The van der Waals surface area contributed by atoms with E-state index in [4.69, 9.17) is 4.74 Å². The number of nitrogens with zero attached hydrogens (tertiary/aromatic N) is 2. The molecular weight excluding hydrogens is 413 g/mol. The fourth-order valence-electron chi connectivity index (χ4n) is 3.57. The Morgan fingerprint density at radius 2 is 1.90 bits per heavy atom. The van der Waals surface area contributed by atoms with Crippen molar-refractivity contribution in [2.45, 2.75) is 37.8 Å². The van der Waals surface area contributed by atoms with Crippen LogP contribution >= 0.6 is 0 Å². The molecule has 1 aromatic carbocycles. The molecule has 2 amide bonds. The summed E-state index contributed by atoms with van der Waals surface area (Å²) in [6.45, 7) is -0.230. The second-order valence-corrected chi connectivity index (χ2v) is 7.51. The lowest BCUT2D eigenvalue weighted by Crippen LogP contribution is -2.38. The lowest BCUT2D eigenvalue weighted by atomic mass is 9.93. The molecule has 1 saturated heterocycles. The molecule has 168 valence electrons. The third kappa shape index (κ3) is 6.47. The zero-order valence-electron chi connectivity index (χ0n) is 17.2. The number of methoxy groups -OCH3 is 1. The van der Waals surface area contributed by atoms with E-state index in [9.17, 15) is 22.8 Å². The molecule has 10 heteroatoms. The molecule has 0 aliphatic carbocycles. The molecule has 31 heavy (non-hydrogen) atoms. The molecule has 0 atom stereocenters. The number of carbonyl (C=O) groups excluding carboxylic acids is 2. The first kappa shape index (κ1) is 22.6. The SMILES string of the molecule is COc1ccc(CCC(=O)N2CCC(c3cc(C(=O)NCC(F)(F)F)n[nH]3)CC2)cc1. The van der Waals surface area contributed by atoms with E-state index in [0.29, 0.717) is 44.5 Å². The highest BCUT2D eigenvalue weighted by Crippen LogP contribution is 2.27. The summed E-state index contributed by atoms with van der Waals surface area (Å²) in [4.78, 5) is 26.1. The van der Waals surface area contributed by atoms with E-state index in [1.54, 1.807) is 12.4 Å². The molecule has 0 spiro atoms. The van der Waals surface area contributed by atoms with Crippen LogP contribution in [0.5, 0.6) is 5.75 Å². The van der Waals surface area contributed by atoms with Crippen LogP contribution in [0.4, 0.5) is 13.2 Å². The Hall–Kier alpha value is -3.04. The fraction of sp³-hybridized carbons (Fsp3) is 0.476. The van der Waals surface area contributed by atoms with Gasteiger partial charge in [0.25, 0.3) is 5.91 Å². The minimum atomic E-state index is -4.47. The van der Waals surface area contributed by atoms with Gasteiger partial charge in [-0.1, -0.05) is 12.1 Å². The second kappa shape index (κ2) is 9.84. The maximum Gasteiger partial charge on any atom is 0.405 e. The Morgan fingerprint density at radius 3 is 2.52 bits per heavy atom. The molecule has 0 bridgehead atoms. The molecule has 0 unspecified atom stereocenters. The molecule has 2 aromatic rings. The number of benzene rings is 1. The van der Waals surface area contributed by atoms with Gasteiger partial charge in [0.05, 0.1) is 7.11 Å². The second-order valence-electron chi connectivity index (χ2n) is 7.51. The van der Waals surface area contributed by atoms with Gasteiger partial charge >= 0.3 is 6.18 Å².